The minimum absolute atomic E-state index is 0.0394. The zero-order valence-electron chi connectivity index (χ0n) is 9.96. The zero-order chi connectivity index (χ0) is 11.7. The van der Waals surface area contributed by atoms with Crippen molar-refractivity contribution in [2.45, 2.75) is 46.1 Å². The van der Waals surface area contributed by atoms with E-state index in [9.17, 15) is 10.1 Å². The van der Waals surface area contributed by atoms with Crippen LogP contribution in [0.5, 0.6) is 0 Å². The van der Waals surface area contributed by atoms with Crippen LogP contribution in [0, 0.1) is 22.2 Å². The Morgan fingerprint density at radius 1 is 1.53 bits per heavy atom. The molecule has 0 spiro atoms. The van der Waals surface area contributed by atoms with Crippen LogP contribution in [0.1, 0.15) is 40.0 Å². The molecule has 0 aromatic rings. The largest absolute Gasteiger partial charge is 0.382 e. The van der Waals surface area contributed by atoms with Crippen molar-refractivity contribution < 1.29 is 9.53 Å². The van der Waals surface area contributed by atoms with Gasteiger partial charge in [-0.2, -0.15) is 5.26 Å². The van der Waals surface area contributed by atoms with Crippen LogP contribution >= 0.6 is 0 Å². The van der Waals surface area contributed by atoms with Crippen LogP contribution in [-0.4, -0.2) is 19.0 Å². The van der Waals surface area contributed by atoms with Crippen LogP contribution in [-0.2, 0) is 9.53 Å². The number of nitrogens with zero attached hydrogens (tertiary/aromatic N) is 1. The van der Waals surface area contributed by atoms with Crippen LogP contribution in [0.4, 0.5) is 0 Å². The first-order valence-electron chi connectivity index (χ1n) is 5.37. The van der Waals surface area contributed by atoms with Crippen molar-refractivity contribution in [3.63, 3.8) is 0 Å². The Morgan fingerprint density at radius 3 is 2.47 bits per heavy atom. The van der Waals surface area contributed by atoms with E-state index < -0.39 is 5.41 Å². The highest BCUT2D eigenvalue weighted by Gasteiger charge is 2.52. The Hall–Kier alpha value is -0.880. The Bertz CT molecular complexity index is 303. The van der Waals surface area contributed by atoms with Crippen molar-refractivity contribution in [1.29, 1.82) is 5.26 Å². The van der Waals surface area contributed by atoms with E-state index in [4.69, 9.17) is 4.74 Å². The van der Waals surface area contributed by atoms with Crippen LogP contribution in [0.3, 0.4) is 0 Å². The normalized spacial score (nSPS) is 31.3. The van der Waals surface area contributed by atoms with Gasteiger partial charge in [-0.25, -0.2) is 0 Å². The Labute approximate surface area is 91.4 Å². The minimum Gasteiger partial charge on any atom is -0.382 e. The molecule has 0 aliphatic heterocycles. The van der Waals surface area contributed by atoms with E-state index in [1.165, 1.54) is 0 Å². The van der Waals surface area contributed by atoms with Gasteiger partial charge in [0, 0.05) is 12.5 Å². The van der Waals surface area contributed by atoms with E-state index in [0.29, 0.717) is 12.8 Å². The number of rotatable bonds is 3. The van der Waals surface area contributed by atoms with Crippen molar-refractivity contribution in [3.8, 4) is 6.07 Å². The maximum Gasteiger partial charge on any atom is 0.158 e. The van der Waals surface area contributed by atoms with E-state index >= 15 is 0 Å². The second-order valence-corrected chi connectivity index (χ2v) is 5.16. The van der Waals surface area contributed by atoms with Crippen molar-refractivity contribution in [3.05, 3.63) is 0 Å². The highest BCUT2D eigenvalue weighted by molar-refractivity contribution is 5.94. The second-order valence-electron chi connectivity index (χ2n) is 5.16. The highest BCUT2D eigenvalue weighted by Crippen LogP contribution is 2.48. The third-order valence-corrected chi connectivity index (χ3v) is 3.48. The van der Waals surface area contributed by atoms with E-state index in [-0.39, 0.29) is 17.3 Å². The number of hydrogen-bond acceptors (Lipinski definition) is 3. The summed E-state index contributed by atoms with van der Waals surface area (Å²) in [5.41, 5.74) is -1.15. The molecular formula is C12H19NO2. The summed E-state index contributed by atoms with van der Waals surface area (Å²) in [6.45, 7) is 5.75. The van der Waals surface area contributed by atoms with Crippen molar-refractivity contribution in [2.24, 2.45) is 10.8 Å². The lowest BCUT2D eigenvalue weighted by Gasteiger charge is -2.24. The molecule has 0 amide bonds. The molecule has 84 valence electrons. The summed E-state index contributed by atoms with van der Waals surface area (Å²) in [7, 11) is 1.61. The van der Waals surface area contributed by atoms with Crippen LogP contribution in [0.15, 0.2) is 0 Å². The monoisotopic (exact) mass is 209 g/mol. The number of carbonyl (C=O) groups is 1. The third-order valence-electron chi connectivity index (χ3n) is 3.48. The topological polar surface area (TPSA) is 50.1 Å². The molecule has 0 radical (unpaired) electrons. The van der Waals surface area contributed by atoms with Gasteiger partial charge in [0.1, 0.15) is 5.41 Å². The number of nitriles is 1. The van der Waals surface area contributed by atoms with E-state index in [0.717, 1.165) is 6.42 Å². The summed E-state index contributed by atoms with van der Waals surface area (Å²) >= 11 is 0. The summed E-state index contributed by atoms with van der Waals surface area (Å²) in [5, 5.41) is 9.24. The van der Waals surface area contributed by atoms with Gasteiger partial charge >= 0.3 is 0 Å². The molecule has 0 aromatic carbocycles. The molecular weight excluding hydrogens is 190 g/mol. The number of ether oxygens (including phenoxy) is 1. The highest BCUT2D eigenvalue weighted by atomic mass is 16.5. The molecule has 0 aromatic heterocycles. The number of carbonyl (C=O) groups excluding carboxylic acids is 1. The minimum atomic E-state index is -0.807. The molecule has 0 heterocycles. The quantitative estimate of drug-likeness (QED) is 0.716. The standard InChI is InChI=1S/C12H19NO2/c1-9(15-4)7-12(8-13)6-5-11(2,3)10(12)14/h9H,5-7H2,1-4H3. The first-order valence-corrected chi connectivity index (χ1v) is 5.37. The molecule has 3 heteroatoms. The number of Topliss-reactive ketones (excluding diaryl/α,β-unsaturated/α-hetero) is 1. The lowest BCUT2D eigenvalue weighted by molar-refractivity contribution is -0.131. The molecule has 1 rings (SSSR count). The summed E-state index contributed by atoms with van der Waals surface area (Å²) < 4.78 is 5.15. The van der Waals surface area contributed by atoms with Gasteiger partial charge in [-0.3, -0.25) is 4.79 Å². The van der Waals surface area contributed by atoms with Gasteiger partial charge in [0.25, 0.3) is 0 Å². The molecule has 2 unspecified atom stereocenters. The summed E-state index contributed by atoms with van der Waals surface area (Å²) in [6, 6.07) is 2.22. The fourth-order valence-electron chi connectivity index (χ4n) is 2.32. The van der Waals surface area contributed by atoms with E-state index in [1.807, 2.05) is 20.8 Å². The summed E-state index contributed by atoms with van der Waals surface area (Å²) in [4.78, 5) is 12.2. The number of methoxy groups -OCH3 is 1. The van der Waals surface area contributed by atoms with Gasteiger partial charge in [-0.15, -0.1) is 0 Å². The van der Waals surface area contributed by atoms with Crippen LogP contribution in [0.2, 0.25) is 0 Å². The lowest BCUT2D eigenvalue weighted by Crippen LogP contribution is -2.34. The Morgan fingerprint density at radius 2 is 2.13 bits per heavy atom. The molecule has 1 aliphatic carbocycles. The summed E-state index contributed by atoms with van der Waals surface area (Å²) in [6.07, 6.45) is 1.95. The first-order chi connectivity index (χ1) is 6.88. The van der Waals surface area contributed by atoms with Gasteiger partial charge in [-0.1, -0.05) is 13.8 Å². The molecule has 1 saturated carbocycles. The average molecular weight is 209 g/mol. The number of hydrogen-bond donors (Lipinski definition) is 0. The Balaban J connectivity index is 2.90. The molecule has 15 heavy (non-hydrogen) atoms. The van der Waals surface area contributed by atoms with Gasteiger partial charge in [0.2, 0.25) is 0 Å². The van der Waals surface area contributed by atoms with Gasteiger partial charge < -0.3 is 4.74 Å². The maximum atomic E-state index is 12.2. The molecule has 3 nitrogen and oxygen atoms in total. The summed E-state index contributed by atoms with van der Waals surface area (Å²) in [5.74, 6) is 0.0846. The fraction of sp³-hybridized carbons (Fsp3) is 0.833. The van der Waals surface area contributed by atoms with Gasteiger partial charge in [0.05, 0.1) is 12.2 Å². The van der Waals surface area contributed by atoms with Crippen LogP contribution < -0.4 is 0 Å². The molecule has 0 N–H and O–H groups in total. The first kappa shape index (κ1) is 12.2. The van der Waals surface area contributed by atoms with Crippen molar-refractivity contribution in [1.82, 2.24) is 0 Å². The van der Waals surface area contributed by atoms with E-state index in [2.05, 4.69) is 6.07 Å². The molecule has 0 bridgehead atoms. The molecule has 1 aliphatic rings. The van der Waals surface area contributed by atoms with Crippen molar-refractivity contribution in [2.75, 3.05) is 7.11 Å². The second kappa shape index (κ2) is 3.94. The predicted octanol–water partition coefficient (Wildman–Crippen LogP) is 2.31. The lowest BCUT2D eigenvalue weighted by atomic mass is 9.77. The van der Waals surface area contributed by atoms with Gasteiger partial charge in [-0.05, 0) is 26.2 Å². The maximum absolute atomic E-state index is 12.2. The predicted molar refractivity (Wildman–Crippen MR) is 57.2 cm³/mol. The van der Waals surface area contributed by atoms with E-state index in [1.54, 1.807) is 7.11 Å². The molecule has 1 fully saturated rings. The average Bonchev–Trinajstić information content (AvgIpc) is 2.43. The SMILES string of the molecule is COC(C)CC1(C#N)CCC(C)(C)C1=O. The third kappa shape index (κ3) is 2.05. The molecule has 2 atom stereocenters. The van der Waals surface area contributed by atoms with Crippen molar-refractivity contribution >= 4 is 5.78 Å². The number of ketones is 1. The fourth-order valence-corrected chi connectivity index (χ4v) is 2.32. The van der Waals surface area contributed by atoms with Gasteiger partial charge in [0.15, 0.2) is 5.78 Å². The molecule has 0 saturated heterocycles. The zero-order valence-corrected chi connectivity index (χ0v) is 9.96. The Kier molecular flexibility index (Phi) is 3.20. The van der Waals surface area contributed by atoms with Crippen LogP contribution in [0.25, 0.3) is 0 Å². The smallest absolute Gasteiger partial charge is 0.158 e.